The molecule has 0 amide bonds. The van der Waals surface area contributed by atoms with Crippen LogP contribution in [0, 0.1) is 0 Å². The molecule has 1 saturated carbocycles. The average molecular weight is 234 g/mol. The minimum Gasteiger partial charge on any atom is -0.497 e. The first kappa shape index (κ1) is 12.4. The van der Waals surface area contributed by atoms with Crippen molar-refractivity contribution in [3.05, 3.63) is 29.8 Å². The summed E-state index contributed by atoms with van der Waals surface area (Å²) < 4.78 is 5.16. The van der Waals surface area contributed by atoms with Gasteiger partial charge in [0, 0.05) is 18.1 Å². The second kappa shape index (κ2) is 5.52. The van der Waals surface area contributed by atoms with E-state index in [1.54, 1.807) is 7.11 Å². The number of hydrogen-bond acceptors (Lipinski definition) is 3. The second-order valence-corrected chi connectivity index (χ2v) is 4.86. The lowest BCUT2D eigenvalue weighted by Gasteiger charge is -2.23. The minimum absolute atomic E-state index is 0.315. The maximum absolute atomic E-state index is 6.07. The van der Waals surface area contributed by atoms with E-state index in [0.29, 0.717) is 18.1 Å². The van der Waals surface area contributed by atoms with E-state index in [1.165, 1.54) is 18.4 Å². The molecule has 0 spiro atoms. The summed E-state index contributed by atoms with van der Waals surface area (Å²) in [6.45, 7) is 2.19. The van der Waals surface area contributed by atoms with Crippen LogP contribution in [0.4, 0.5) is 0 Å². The molecule has 2 rings (SSSR count). The van der Waals surface area contributed by atoms with Crippen molar-refractivity contribution >= 4 is 0 Å². The summed E-state index contributed by atoms with van der Waals surface area (Å²) in [7, 11) is 1.69. The second-order valence-electron chi connectivity index (χ2n) is 4.86. The van der Waals surface area contributed by atoms with E-state index < -0.39 is 0 Å². The summed E-state index contributed by atoms with van der Waals surface area (Å²) in [5.41, 5.74) is 7.35. The zero-order chi connectivity index (χ0) is 12.3. The zero-order valence-corrected chi connectivity index (χ0v) is 10.6. The lowest BCUT2D eigenvalue weighted by molar-refractivity contribution is 0.412. The molecule has 0 aromatic heterocycles. The smallest absolute Gasteiger partial charge is 0.118 e. The molecule has 0 radical (unpaired) electrons. The predicted molar refractivity (Wildman–Crippen MR) is 70.2 cm³/mol. The van der Waals surface area contributed by atoms with Crippen LogP contribution in [0.1, 0.15) is 37.8 Å². The van der Waals surface area contributed by atoms with Gasteiger partial charge >= 0.3 is 0 Å². The van der Waals surface area contributed by atoms with Crippen molar-refractivity contribution < 1.29 is 4.74 Å². The Kier molecular flexibility index (Phi) is 4.02. The zero-order valence-electron chi connectivity index (χ0n) is 10.6. The molecular weight excluding hydrogens is 212 g/mol. The van der Waals surface area contributed by atoms with Gasteiger partial charge in [-0.25, -0.2) is 0 Å². The highest BCUT2D eigenvalue weighted by atomic mass is 16.5. The van der Waals surface area contributed by atoms with E-state index in [9.17, 15) is 0 Å². The van der Waals surface area contributed by atoms with Gasteiger partial charge in [-0.05, 0) is 37.5 Å². The molecule has 17 heavy (non-hydrogen) atoms. The molecule has 0 saturated heterocycles. The molecule has 3 heteroatoms. The Hall–Kier alpha value is -1.06. The van der Waals surface area contributed by atoms with E-state index >= 15 is 0 Å². The Morgan fingerprint density at radius 2 is 2.00 bits per heavy atom. The molecule has 0 heterocycles. The number of ether oxygens (including phenoxy) is 1. The lowest BCUT2D eigenvalue weighted by Crippen LogP contribution is -2.41. The number of benzene rings is 1. The van der Waals surface area contributed by atoms with Crippen LogP contribution in [0.3, 0.4) is 0 Å². The average Bonchev–Trinajstić information content (AvgIpc) is 2.75. The molecule has 3 N–H and O–H groups in total. The molecule has 3 atom stereocenters. The standard InChI is InChI=1S/C14H22N2O/c1-10(16-14-5-3-4-13(14)15)11-6-8-12(17-2)9-7-11/h6-10,13-14,16H,3-5,15H2,1-2H3/t10-,13-,14+/m0/s1. The summed E-state index contributed by atoms with van der Waals surface area (Å²) >= 11 is 0. The molecule has 0 aliphatic heterocycles. The highest BCUT2D eigenvalue weighted by Gasteiger charge is 2.25. The number of nitrogens with one attached hydrogen (secondary N) is 1. The number of methoxy groups -OCH3 is 1. The Morgan fingerprint density at radius 3 is 2.53 bits per heavy atom. The van der Waals surface area contributed by atoms with E-state index in [4.69, 9.17) is 10.5 Å². The van der Waals surface area contributed by atoms with Crippen molar-refractivity contribution in [2.75, 3.05) is 7.11 Å². The Morgan fingerprint density at radius 1 is 1.29 bits per heavy atom. The highest BCUT2D eigenvalue weighted by Crippen LogP contribution is 2.22. The molecule has 1 aromatic rings. The molecule has 1 aromatic carbocycles. The summed E-state index contributed by atoms with van der Waals surface area (Å²) in [6.07, 6.45) is 3.59. The first-order valence-corrected chi connectivity index (χ1v) is 6.36. The topological polar surface area (TPSA) is 47.3 Å². The Bertz CT molecular complexity index is 350. The highest BCUT2D eigenvalue weighted by molar-refractivity contribution is 5.28. The minimum atomic E-state index is 0.315. The molecule has 94 valence electrons. The van der Waals surface area contributed by atoms with Crippen LogP contribution >= 0.6 is 0 Å². The fourth-order valence-corrected chi connectivity index (χ4v) is 2.51. The normalized spacial score (nSPS) is 25.8. The molecule has 1 fully saturated rings. The fraction of sp³-hybridized carbons (Fsp3) is 0.571. The van der Waals surface area contributed by atoms with Crippen LogP contribution in [0.25, 0.3) is 0 Å². The third kappa shape index (κ3) is 2.99. The third-order valence-corrected chi connectivity index (χ3v) is 3.65. The number of rotatable bonds is 4. The van der Waals surface area contributed by atoms with Crippen molar-refractivity contribution in [1.82, 2.24) is 5.32 Å². The molecule has 0 bridgehead atoms. The maximum Gasteiger partial charge on any atom is 0.118 e. The Labute approximate surface area is 103 Å². The molecule has 1 aliphatic carbocycles. The summed E-state index contributed by atoms with van der Waals surface area (Å²) in [4.78, 5) is 0. The van der Waals surface area contributed by atoms with Crippen LogP contribution in [0.2, 0.25) is 0 Å². The summed E-state index contributed by atoms with van der Waals surface area (Å²) in [6, 6.07) is 9.34. The SMILES string of the molecule is COc1ccc([C@H](C)N[C@@H]2CCC[C@@H]2N)cc1. The van der Waals surface area contributed by atoms with Gasteiger partial charge in [-0.1, -0.05) is 18.6 Å². The van der Waals surface area contributed by atoms with Crippen LogP contribution in [0.5, 0.6) is 5.75 Å². The van der Waals surface area contributed by atoms with Gasteiger partial charge < -0.3 is 15.8 Å². The molecule has 1 aliphatic rings. The molecule has 3 nitrogen and oxygen atoms in total. The van der Waals surface area contributed by atoms with Gasteiger partial charge in [-0.2, -0.15) is 0 Å². The van der Waals surface area contributed by atoms with Gasteiger partial charge in [0.15, 0.2) is 0 Å². The largest absolute Gasteiger partial charge is 0.497 e. The first-order valence-electron chi connectivity index (χ1n) is 6.36. The number of nitrogens with two attached hydrogens (primary N) is 1. The maximum atomic E-state index is 6.07. The van der Waals surface area contributed by atoms with E-state index in [-0.39, 0.29) is 0 Å². The van der Waals surface area contributed by atoms with Crippen LogP contribution in [-0.2, 0) is 0 Å². The van der Waals surface area contributed by atoms with Crippen molar-refractivity contribution in [2.45, 2.75) is 44.3 Å². The van der Waals surface area contributed by atoms with Gasteiger partial charge in [-0.15, -0.1) is 0 Å². The van der Waals surface area contributed by atoms with Crippen molar-refractivity contribution in [3.63, 3.8) is 0 Å². The van der Waals surface area contributed by atoms with Crippen molar-refractivity contribution in [3.8, 4) is 5.75 Å². The van der Waals surface area contributed by atoms with Crippen molar-refractivity contribution in [1.29, 1.82) is 0 Å². The van der Waals surface area contributed by atoms with E-state index in [2.05, 4.69) is 24.4 Å². The van der Waals surface area contributed by atoms with Gasteiger partial charge in [-0.3, -0.25) is 0 Å². The molecular formula is C14H22N2O. The first-order chi connectivity index (χ1) is 8.20. The monoisotopic (exact) mass is 234 g/mol. The quantitative estimate of drug-likeness (QED) is 0.840. The predicted octanol–water partition coefficient (Wildman–Crippen LogP) is 2.23. The van der Waals surface area contributed by atoms with Crippen LogP contribution < -0.4 is 15.8 Å². The van der Waals surface area contributed by atoms with Crippen LogP contribution in [0.15, 0.2) is 24.3 Å². The third-order valence-electron chi connectivity index (χ3n) is 3.65. The Balaban J connectivity index is 1.96. The van der Waals surface area contributed by atoms with Crippen molar-refractivity contribution in [2.24, 2.45) is 5.73 Å². The summed E-state index contributed by atoms with van der Waals surface area (Å²) in [5.74, 6) is 0.901. The number of hydrogen-bond donors (Lipinski definition) is 2. The van der Waals surface area contributed by atoms with Crippen LogP contribution in [-0.4, -0.2) is 19.2 Å². The van der Waals surface area contributed by atoms with E-state index in [1.807, 2.05) is 12.1 Å². The molecule has 0 unspecified atom stereocenters. The lowest BCUT2D eigenvalue weighted by atomic mass is 10.1. The van der Waals surface area contributed by atoms with Gasteiger partial charge in [0.25, 0.3) is 0 Å². The van der Waals surface area contributed by atoms with Gasteiger partial charge in [0.1, 0.15) is 5.75 Å². The van der Waals surface area contributed by atoms with Gasteiger partial charge in [0.2, 0.25) is 0 Å². The fourth-order valence-electron chi connectivity index (χ4n) is 2.51. The van der Waals surface area contributed by atoms with Gasteiger partial charge in [0.05, 0.1) is 7.11 Å². The van der Waals surface area contributed by atoms with E-state index in [0.717, 1.165) is 12.2 Å². The summed E-state index contributed by atoms with van der Waals surface area (Å²) in [5, 5.41) is 3.62.